The highest BCUT2D eigenvalue weighted by Crippen LogP contribution is 2.28. The quantitative estimate of drug-likeness (QED) is 0.408. The second-order valence-electron chi connectivity index (χ2n) is 6.98. The summed E-state index contributed by atoms with van der Waals surface area (Å²) in [6.07, 6.45) is 7.38. The van der Waals surface area contributed by atoms with Gasteiger partial charge in [-0.05, 0) is 25.8 Å². The number of nitrogens with one attached hydrogen (secondary N) is 1. The molecule has 0 aliphatic heterocycles. The van der Waals surface area contributed by atoms with E-state index in [2.05, 4.69) is 37.2 Å². The van der Waals surface area contributed by atoms with Crippen molar-refractivity contribution >= 4 is 11.9 Å². The lowest BCUT2D eigenvalue weighted by atomic mass is 9.86. The number of nitrogens with zero attached hydrogens (tertiary/aromatic N) is 1. The van der Waals surface area contributed by atoms with Gasteiger partial charge in [-0.1, -0.05) is 26.0 Å². The fourth-order valence-electron chi connectivity index (χ4n) is 3.66. The zero-order valence-electron chi connectivity index (χ0n) is 17.8. The summed E-state index contributed by atoms with van der Waals surface area (Å²) < 4.78 is 11.6. The van der Waals surface area contributed by atoms with Crippen molar-refractivity contribution in [3.05, 3.63) is 37.0 Å². The van der Waals surface area contributed by atoms with Crippen LogP contribution in [0.25, 0.3) is 0 Å². The Morgan fingerprint density at radius 2 is 1.86 bits per heavy atom. The summed E-state index contributed by atoms with van der Waals surface area (Å²) in [5.41, 5.74) is 0.546. The maximum atomic E-state index is 12.4. The number of hydrogen-bond acceptors (Lipinski definition) is 5. The summed E-state index contributed by atoms with van der Waals surface area (Å²) in [6, 6.07) is -0.417. The van der Waals surface area contributed by atoms with E-state index in [4.69, 9.17) is 9.47 Å². The minimum absolute atomic E-state index is 0.0672. The van der Waals surface area contributed by atoms with E-state index < -0.39 is 0 Å². The molecule has 0 saturated carbocycles. The molecule has 1 amide bonds. The average Bonchev–Trinajstić information content (AvgIpc) is 2.65. The van der Waals surface area contributed by atoms with E-state index in [-0.39, 0.29) is 36.2 Å². The Labute approximate surface area is 169 Å². The van der Waals surface area contributed by atoms with Crippen molar-refractivity contribution in [2.45, 2.75) is 71.2 Å². The smallest absolute Gasteiger partial charge is 0.333 e. The van der Waals surface area contributed by atoms with Gasteiger partial charge in [0.25, 0.3) is 0 Å². The van der Waals surface area contributed by atoms with E-state index in [0.29, 0.717) is 31.7 Å². The number of carbonyl (C=O) groups excluding carboxylic acids is 2. The maximum Gasteiger partial charge on any atom is 0.333 e. The van der Waals surface area contributed by atoms with Crippen molar-refractivity contribution in [1.29, 1.82) is 0 Å². The van der Waals surface area contributed by atoms with Gasteiger partial charge in [0.1, 0.15) is 0 Å². The molecule has 0 aromatic rings. The van der Waals surface area contributed by atoms with Crippen molar-refractivity contribution < 1.29 is 19.1 Å². The number of amides is 1. The molecule has 0 heterocycles. The standard InChI is InChI=1S/C22H36N2O4/c1-7-12-24(13-8-2)21-19(23-16(6)25)14-17(22(26)27-11-5)15-20(21)28-18(9-3)10-4/h7-8,15,18-21H,1-2,9-14H2,3-6H3,(H,23,25). The fraction of sp³-hybridized carbons (Fsp3) is 0.636. The van der Waals surface area contributed by atoms with Crippen LogP contribution in [0.3, 0.4) is 0 Å². The van der Waals surface area contributed by atoms with Gasteiger partial charge in [0, 0.05) is 32.0 Å². The van der Waals surface area contributed by atoms with Crippen LogP contribution in [0, 0.1) is 0 Å². The van der Waals surface area contributed by atoms with Gasteiger partial charge in [-0.15, -0.1) is 13.2 Å². The van der Waals surface area contributed by atoms with Gasteiger partial charge in [0.2, 0.25) is 5.91 Å². The average molecular weight is 393 g/mol. The summed E-state index contributed by atoms with van der Waals surface area (Å²) in [5, 5.41) is 3.02. The largest absolute Gasteiger partial charge is 0.463 e. The Hall–Kier alpha value is -1.92. The summed E-state index contributed by atoms with van der Waals surface area (Å²) in [5.74, 6) is -0.494. The zero-order chi connectivity index (χ0) is 21.1. The van der Waals surface area contributed by atoms with E-state index in [1.807, 2.05) is 18.2 Å². The topological polar surface area (TPSA) is 67.9 Å². The first-order valence-electron chi connectivity index (χ1n) is 10.2. The van der Waals surface area contributed by atoms with Gasteiger partial charge in [-0.25, -0.2) is 4.79 Å². The van der Waals surface area contributed by atoms with Crippen LogP contribution < -0.4 is 5.32 Å². The molecule has 6 heteroatoms. The molecule has 0 aromatic carbocycles. The molecule has 1 N–H and O–H groups in total. The predicted molar refractivity (Wildman–Crippen MR) is 112 cm³/mol. The van der Waals surface area contributed by atoms with Crippen LogP contribution >= 0.6 is 0 Å². The SMILES string of the molecule is C=CCN(CC=C)C1C(NC(C)=O)CC(C(=O)OCC)=CC1OC(CC)CC. The number of carbonyl (C=O) groups is 2. The van der Waals surface area contributed by atoms with Crippen LogP contribution in [0.5, 0.6) is 0 Å². The van der Waals surface area contributed by atoms with Crippen molar-refractivity contribution in [3.8, 4) is 0 Å². The molecule has 28 heavy (non-hydrogen) atoms. The van der Waals surface area contributed by atoms with Crippen molar-refractivity contribution in [2.75, 3.05) is 19.7 Å². The number of rotatable bonds is 12. The van der Waals surface area contributed by atoms with E-state index in [1.54, 1.807) is 6.92 Å². The van der Waals surface area contributed by atoms with Gasteiger partial charge < -0.3 is 14.8 Å². The molecular formula is C22H36N2O4. The molecule has 0 aromatic heterocycles. The molecule has 158 valence electrons. The lowest BCUT2D eigenvalue weighted by molar-refractivity contribution is -0.139. The Balaban J connectivity index is 3.36. The first kappa shape index (κ1) is 24.1. The fourth-order valence-corrected chi connectivity index (χ4v) is 3.66. The number of esters is 1. The second-order valence-corrected chi connectivity index (χ2v) is 6.98. The zero-order valence-corrected chi connectivity index (χ0v) is 17.8. The summed E-state index contributed by atoms with van der Waals surface area (Å²) in [6.45, 7) is 16.7. The summed E-state index contributed by atoms with van der Waals surface area (Å²) in [4.78, 5) is 26.5. The van der Waals surface area contributed by atoms with Crippen LogP contribution in [0.1, 0.15) is 47.0 Å². The molecule has 3 atom stereocenters. The minimum atomic E-state index is -0.353. The molecule has 6 nitrogen and oxygen atoms in total. The molecule has 1 rings (SSSR count). The highest BCUT2D eigenvalue weighted by Gasteiger charge is 2.40. The van der Waals surface area contributed by atoms with Crippen LogP contribution in [-0.2, 0) is 19.1 Å². The monoisotopic (exact) mass is 392 g/mol. The third-order valence-electron chi connectivity index (χ3n) is 4.89. The molecule has 0 spiro atoms. The lowest BCUT2D eigenvalue weighted by Crippen LogP contribution is -2.59. The molecule has 1 aliphatic rings. The van der Waals surface area contributed by atoms with E-state index >= 15 is 0 Å². The maximum absolute atomic E-state index is 12.4. The molecule has 0 saturated heterocycles. The third kappa shape index (κ3) is 6.91. The summed E-state index contributed by atoms with van der Waals surface area (Å²) >= 11 is 0. The van der Waals surface area contributed by atoms with Gasteiger partial charge >= 0.3 is 5.97 Å². The van der Waals surface area contributed by atoms with E-state index in [9.17, 15) is 9.59 Å². The van der Waals surface area contributed by atoms with Crippen LogP contribution in [0.15, 0.2) is 37.0 Å². The molecule has 1 aliphatic carbocycles. The molecule has 0 bridgehead atoms. The Bertz CT molecular complexity index is 559. The van der Waals surface area contributed by atoms with Crippen LogP contribution in [0.2, 0.25) is 0 Å². The molecule has 0 radical (unpaired) electrons. The Kier molecular flexibility index (Phi) is 10.8. The highest BCUT2D eigenvalue weighted by atomic mass is 16.5. The molecule has 0 fully saturated rings. The Morgan fingerprint density at radius 1 is 1.25 bits per heavy atom. The van der Waals surface area contributed by atoms with Gasteiger partial charge in [0.15, 0.2) is 0 Å². The highest BCUT2D eigenvalue weighted by molar-refractivity contribution is 5.89. The van der Waals surface area contributed by atoms with Crippen molar-refractivity contribution in [3.63, 3.8) is 0 Å². The lowest BCUT2D eigenvalue weighted by Gasteiger charge is -2.43. The second kappa shape index (κ2) is 12.5. The van der Waals surface area contributed by atoms with E-state index in [1.165, 1.54) is 6.92 Å². The first-order chi connectivity index (χ1) is 13.4. The number of hydrogen-bond donors (Lipinski definition) is 1. The van der Waals surface area contributed by atoms with Gasteiger partial charge in [-0.3, -0.25) is 9.69 Å². The van der Waals surface area contributed by atoms with Gasteiger partial charge in [0.05, 0.1) is 30.9 Å². The first-order valence-corrected chi connectivity index (χ1v) is 10.2. The normalized spacial score (nSPS) is 21.9. The Morgan fingerprint density at radius 3 is 2.32 bits per heavy atom. The predicted octanol–water partition coefficient (Wildman–Crippen LogP) is 3.00. The molecular weight excluding hydrogens is 356 g/mol. The third-order valence-corrected chi connectivity index (χ3v) is 4.89. The van der Waals surface area contributed by atoms with Gasteiger partial charge in [-0.2, -0.15) is 0 Å². The molecule has 3 unspecified atom stereocenters. The van der Waals surface area contributed by atoms with Crippen LogP contribution in [-0.4, -0.2) is 60.8 Å². The van der Waals surface area contributed by atoms with Crippen LogP contribution in [0.4, 0.5) is 0 Å². The van der Waals surface area contributed by atoms with Crippen molar-refractivity contribution in [1.82, 2.24) is 10.2 Å². The summed E-state index contributed by atoms with van der Waals surface area (Å²) in [7, 11) is 0. The van der Waals surface area contributed by atoms with Crippen molar-refractivity contribution in [2.24, 2.45) is 0 Å². The minimum Gasteiger partial charge on any atom is -0.463 e. The number of ether oxygens (including phenoxy) is 2. The van der Waals surface area contributed by atoms with E-state index in [0.717, 1.165) is 12.8 Å².